The number of benzene rings is 2. The lowest BCUT2D eigenvalue weighted by Gasteiger charge is -2.32. The van der Waals surface area contributed by atoms with Crippen molar-refractivity contribution < 1.29 is 9.53 Å². The van der Waals surface area contributed by atoms with Gasteiger partial charge in [-0.15, -0.1) is 0 Å². The molecule has 0 radical (unpaired) electrons. The predicted molar refractivity (Wildman–Crippen MR) is 112 cm³/mol. The Balaban J connectivity index is 1.36. The van der Waals surface area contributed by atoms with Gasteiger partial charge in [0.15, 0.2) is 0 Å². The minimum Gasteiger partial charge on any atom is -0.373 e. The van der Waals surface area contributed by atoms with Gasteiger partial charge < -0.3 is 9.64 Å². The first-order valence-corrected chi connectivity index (χ1v) is 10.0. The van der Waals surface area contributed by atoms with Gasteiger partial charge in [0.05, 0.1) is 23.6 Å². The number of hydrogen-bond donors (Lipinski definition) is 0. The molecule has 150 valence electrons. The van der Waals surface area contributed by atoms with Crippen LogP contribution in [0.5, 0.6) is 0 Å². The van der Waals surface area contributed by atoms with Gasteiger partial charge in [-0.2, -0.15) is 0 Å². The molecule has 0 aliphatic carbocycles. The van der Waals surface area contributed by atoms with E-state index >= 15 is 0 Å². The molecule has 0 bridgehead atoms. The second-order valence-electron chi connectivity index (χ2n) is 7.44. The number of aromatic nitrogens is 2. The summed E-state index contributed by atoms with van der Waals surface area (Å²) in [5.74, 6) is 0.511. The predicted octanol–water partition coefficient (Wildman–Crippen LogP) is 2.91. The minimum absolute atomic E-state index is 0.0258. The minimum atomic E-state index is -0.164. The molecular weight excluding hydrogens is 366 g/mol. The Hall–Kier alpha value is -2.99. The van der Waals surface area contributed by atoms with Crippen LogP contribution in [0, 0.1) is 6.92 Å². The summed E-state index contributed by atoms with van der Waals surface area (Å²) in [6.07, 6.45) is 1.77. The molecule has 0 N–H and O–H groups in total. The average Bonchev–Trinajstić information content (AvgIpc) is 2.76. The maximum atomic E-state index is 12.8. The lowest BCUT2D eigenvalue weighted by molar-refractivity contribution is -0.134. The van der Waals surface area contributed by atoms with Gasteiger partial charge in [0.1, 0.15) is 12.4 Å². The first-order chi connectivity index (χ1) is 14.1. The number of likely N-dealkylation sites (tertiary alicyclic amines) is 1. The number of carbonyl (C=O) groups excluding carboxylic acids is 1. The highest BCUT2D eigenvalue weighted by atomic mass is 16.5. The molecule has 2 heterocycles. The Morgan fingerprint density at radius 2 is 1.76 bits per heavy atom. The third kappa shape index (κ3) is 4.38. The van der Waals surface area contributed by atoms with Gasteiger partial charge in [0, 0.05) is 13.1 Å². The highest BCUT2D eigenvalue weighted by Gasteiger charge is 2.24. The van der Waals surface area contributed by atoms with Crippen LogP contribution in [0.15, 0.2) is 59.4 Å². The summed E-state index contributed by atoms with van der Waals surface area (Å²) in [7, 11) is 0. The molecular formula is C23H25N3O3. The monoisotopic (exact) mass is 391 g/mol. The number of amides is 1. The summed E-state index contributed by atoms with van der Waals surface area (Å²) < 4.78 is 7.47. The molecule has 4 rings (SSSR count). The zero-order valence-corrected chi connectivity index (χ0v) is 16.6. The number of hydrogen-bond acceptors (Lipinski definition) is 4. The van der Waals surface area contributed by atoms with E-state index < -0.39 is 0 Å². The Labute approximate surface area is 169 Å². The van der Waals surface area contributed by atoms with Crippen LogP contribution in [-0.2, 0) is 22.7 Å². The lowest BCUT2D eigenvalue weighted by Crippen LogP contribution is -2.43. The average molecular weight is 391 g/mol. The molecule has 6 nitrogen and oxygen atoms in total. The molecule has 2 aromatic carbocycles. The molecule has 1 aliphatic heterocycles. The summed E-state index contributed by atoms with van der Waals surface area (Å²) in [6.45, 7) is 3.68. The van der Waals surface area contributed by atoms with Crippen LogP contribution in [0.2, 0.25) is 0 Å². The number of aryl methyl sites for hydroxylation is 1. The van der Waals surface area contributed by atoms with Crippen LogP contribution in [0.4, 0.5) is 0 Å². The summed E-state index contributed by atoms with van der Waals surface area (Å²) >= 11 is 0. The fraction of sp³-hybridized carbons (Fsp3) is 0.348. The van der Waals surface area contributed by atoms with Crippen molar-refractivity contribution in [1.29, 1.82) is 0 Å². The van der Waals surface area contributed by atoms with Gasteiger partial charge in [-0.3, -0.25) is 14.2 Å². The van der Waals surface area contributed by atoms with Crippen molar-refractivity contribution in [2.24, 2.45) is 0 Å². The van der Waals surface area contributed by atoms with Crippen molar-refractivity contribution in [3.8, 4) is 0 Å². The van der Waals surface area contributed by atoms with Crippen LogP contribution in [0.25, 0.3) is 10.9 Å². The number of ether oxygens (including phenoxy) is 1. The van der Waals surface area contributed by atoms with Crippen LogP contribution >= 0.6 is 0 Å². The third-order valence-electron chi connectivity index (χ3n) is 5.47. The number of para-hydroxylation sites is 1. The molecule has 0 saturated carbocycles. The molecule has 6 heteroatoms. The van der Waals surface area contributed by atoms with Crippen LogP contribution < -0.4 is 5.56 Å². The van der Waals surface area contributed by atoms with E-state index in [9.17, 15) is 9.59 Å². The summed E-state index contributed by atoms with van der Waals surface area (Å²) in [6, 6.07) is 17.3. The van der Waals surface area contributed by atoms with Gasteiger partial charge in [0.25, 0.3) is 5.56 Å². The summed E-state index contributed by atoms with van der Waals surface area (Å²) in [5.41, 5.74) is 1.65. The Morgan fingerprint density at radius 1 is 1.07 bits per heavy atom. The molecule has 1 aromatic heterocycles. The molecule has 1 saturated heterocycles. The number of fused-ring (bicyclic) bond motifs is 1. The third-order valence-corrected chi connectivity index (χ3v) is 5.47. The fourth-order valence-corrected chi connectivity index (χ4v) is 3.76. The summed E-state index contributed by atoms with van der Waals surface area (Å²) in [5, 5.41) is 0.541. The van der Waals surface area contributed by atoms with Gasteiger partial charge in [-0.1, -0.05) is 42.5 Å². The van der Waals surface area contributed by atoms with Crippen molar-refractivity contribution in [1.82, 2.24) is 14.5 Å². The zero-order valence-electron chi connectivity index (χ0n) is 16.6. The van der Waals surface area contributed by atoms with Crippen molar-refractivity contribution in [3.63, 3.8) is 0 Å². The molecule has 1 amide bonds. The van der Waals surface area contributed by atoms with E-state index in [1.807, 2.05) is 41.3 Å². The number of nitrogens with zero attached hydrogens (tertiary/aromatic N) is 3. The zero-order chi connectivity index (χ0) is 20.2. The van der Waals surface area contributed by atoms with Crippen molar-refractivity contribution in [3.05, 3.63) is 76.3 Å². The van der Waals surface area contributed by atoms with Gasteiger partial charge in [-0.25, -0.2) is 4.98 Å². The number of carbonyl (C=O) groups is 1. The molecule has 0 atom stereocenters. The van der Waals surface area contributed by atoms with E-state index in [0.29, 0.717) is 36.4 Å². The highest BCUT2D eigenvalue weighted by molar-refractivity contribution is 5.79. The molecule has 0 unspecified atom stereocenters. The number of rotatable bonds is 5. The quantitative estimate of drug-likeness (QED) is 0.671. The smallest absolute Gasteiger partial charge is 0.261 e. The maximum absolute atomic E-state index is 12.8. The molecule has 3 aromatic rings. The van der Waals surface area contributed by atoms with Crippen molar-refractivity contribution in [2.75, 3.05) is 13.1 Å². The standard InChI is InChI=1S/C23H25N3O3/c1-17-24-21-10-6-5-9-20(21)23(28)26(17)15-22(27)25-13-11-19(12-14-25)29-16-18-7-3-2-4-8-18/h2-10,19H,11-16H2,1H3. The van der Waals surface area contributed by atoms with E-state index in [1.54, 1.807) is 13.0 Å². The van der Waals surface area contributed by atoms with Gasteiger partial charge in [-0.05, 0) is 37.5 Å². The molecule has 1 aliphatic rings. The normalized spacial score (nSPS) is 15.0. The van der Waals surface area contributed by atoms with Gasteiger partial charge >= 0.3 is 0 Å². The van der Waals surface area contributed by atoms with E-state index in [-0.39, 0.29) is 24.1 Å². The van der Waals surface area contributed by atoms with E-state index in [4.69, 9.17) is 4.74 Å². The topological polar surface area (TPSA) is 64.4 Å². The number of piperidine rings is 1. The van der Waals surface area contributed by atoms with Crippen LogP contribution in [0.1, 0.15) is 24.2 Å². The summed E-state index contributed by atoms with van der Waals surface area (Å²) in [4.78, 5) is 31.9. The van der Waals surface area contributed by atoms with E-state index in [1.165, 1.54) is 4.57 Å². The van der Waals surface area contributed by atoms with Crippen molar-refractivity contribution >= 4 is 16.8 Å². The Kier molecular flexibility index (Phi) is 5.71. The fourth-order valence-electron chi connectivity index (χ4n) is 3.76. The Morgan fingerprint density at radius 3 is 2.52 bits per heavy atom. The second-order valence-corrected chi connectivity index (χ2v) is 7.44. The van der Waals surface area contributed by atoms with Crippen LogP contribution in [0.3, 0.4) is 0 Å². The Bertz CT molecular complexity index is 1050. The lowest BCUT2D eigenvalue weighted by atomic mass is 10.1. The largest absolute Gasteiger partial charge is 0.373 e. The maximum Gasteiger partial charge on any atom is 0.261 e. The van der Waals surface area contributed by atoms with Crippen LogP contribution in [-0.4, -0.2) is 39.6 Å². The first-order valence-electron chi connectivity index (χ1n) is 10.0. The SMILES string of the molecule is Cc1nc2ccccc2c(=O)n1CC(=O)N1CCC(OCc2ccccc2)CC1. The first kappa shape index (κ1) is 19.3. The highest BCUT2D eigenvalue weighted by Crippen LogP contribution is 2.16. The van der Waals surface area contributed by atoms with E-state index in [0.717, 1.165) is 18.4 Å². The second kappa shape index (κ2) is 8.57. The van der Waals surface area contributed by atoms with E-state index in [2.05, 4.69) is 17.1 Å². The van der Waals surface area contributed by atoms with Gasteiger partial charge in [0.2, 0.25) is 5.91 Å². The molecule has 29 heavy (non-hydrogen) atoms. The molecule has 0 spiro atoms. The molecule has 1 fully saturated rings. The van der Waals surface area contributed by atoms with Crippen molar-refractivity contribution in [2.45, 2.75) is 39.0 Å².